The van der Waals surface area contributed by atoms with Gasteiger partial charge in [-0.15, -0.1) is 11.8 Å². The molecule has 3 heterocycles. The zero-order chi connectivity index (χ0) is 14.1. The van der Waals surface area contributed by atoms with E-state index >= 15 is 0 Å². The van der Waals surface area contributed by atoms with Crippen LogP contribution in [0, 0.1) is 0 Å². The van der Waals surface area contributed by atoms with E-state index in [0.29, 0.717) is 13.2 Å². The largest absolute Gasteiger partial charge is 0.383 e. The minimum absolute atomic E-state index is 0.136. The van der Waals surface area contributed by atoms with Crippen molar-refractivity contribution in [3.63, 3.8) is 0 Å². The van der Waals surface area contributed by atoms with Crippen molar-refractivity contribution in [1.82, 2.24) is 14.5 Å². The molecule has 0 N–H and O–H groups in total. The first kappa shape index (κ1) is 13.9. The second-order valence-electron chi connectivity index (χ2n) is 5.53. The maximum absolute atomic E-state index is 12.7. The molecule has 2 aliphatic rings. The number of hydrogen-bond donors (Lipinski definition) is 0. The maximum Gasteiger partial charge on any atom is 0.236 e. The highest BCUT2D eigenvalue weighted by molar-refractivity contribution is 8.00. The molecule has 5 nitrogen and oxygen atoms in total. The number of fused-ring (bicyclic) bond motifs is 1. The summed E-state index contributed by atoms with van der Waals surface area (Å²) in [6.07, 6.45) is 4.84. The number of rotatable bonds is 3. The van der Waals surface area contributed by atoms with Crippen molar-refractivity contribution < 1.29 is 9.53 Å². The second kappa shape index (κ2) is 5.77. The Morgan fingerprint density at radius 1 is 1.60 bits per heavy atom. The van der Waals surface area contributed by atoms with Crippen molar-refractivity contribution in [2.45, 2.75) is 37.1 Å². The van der Waals surface area contributed by atoms with Crippen LogP contribution in [0.1, 0.15) is 24.2 Å². The Morgan fingerprint density at radius 2 is 2.45 bits per heavy atom. The molecule has 0 bridgehead atoms. The summed E-state index contributed by atoms with van der Waals surface area (Å²) in [5.41, 5.74) is 2.27. The summed E-state index contributed by atoms with van der Waals surface area (Å²) in [5.74, 6) is 1.37. The minimum atomic E-state index is 0.136. The summed E-state index contributed by atoms with van der Waals surface area (Å²) in [5, 5.41) is 0.139. The van der Waals surface area contributed by atoms with E-state index in [1.165, 1.54) is 5.69 Å². The van der Waals surface area contributed by atoms with Gasteiger partial charge in [-0.05, 0) is 18.6 Å². The number of amides is 1. The third-order valence-electron chi connectivity index (χ3n) is 4.18. The van der Waals surface area contributed by atoms with Crippen molar-refractivity contribution >= 4 is 17.7 Å². The molecule has 3 rings (SSSR count). The Labute approximate surface area is 123 Å². The van der Waals surface area contributed by atoms with Crippen LogP contribution in [0.15, 0.2) is 6.33 Å². The van der Waals surface area contributed by atoms with E-state index in [-0.39, 0.29) is 17.2 Å². The summed E-state index contributed by atoms with van der Waals surface area (Å²) < 4.78 is 7.39. The van der Waals surface area contributed by atoms with Crippen LogP contribution in [0.4, 0.5) is 0 Å². The molecule has 2 unspecified atom stereocenters. The molecule has 1 saturated heterocycles. The van der Waals surface area contributed by atoms with Crippen LogP contribution >= 0.6 is 11.8 Å². The monoisotopic (exact) mass is 295 g/mol. The standard InChI is InChI=1S/C14H21N3O2S/c1-16-9-15-11-7-17(10(8-19-2)6-12(11)16)14(18)13-4-3-5-20-13/h9-10,13H,3-8H2,1-2H3. The average Bonchev–Trinajstić information content (AvgIpc) is 3.09. The number of imidazole rings is 1. The zero-order valence-electron chi connectivity index (χ0n) is 12.0. The molecule has 0 radical (unpaired) electrons. The molecule has 0 spiro atoms. The number of hydrogen-bond acceptors (Lipinski definition) is 4. The molecule has 1 fully saturated rings. The number of carbonyl (C=O) groups is 1. The summed E-state index contributed by atoms with van der Waals surface area (Å²) >= 11 is 1.79. The van der Waals surface area contributed by atoms with Gasteiger partial charge in [-0.1, -0.05) is 0 Å². The number of carbonyl (C=O) groups excluding carboxylic acids is 1. The Kier molecular flexibility index (Phi) is 4.03. The summed E-state index contributed by atoms with van der Waals surface area (Å²) in [6, 6.07) is 0.136. The first-order chi connectivity index (χ1) is 9.70. The van der Waals surface area contributed by atoms with Gasteiger partial charge in [0.25, 0.3) is 0 Å². The van der Waals surface area contributed by atoms with Gasteiger partial charge >= 0.3 is 0 Å². The second-order valence-corrected chi connectivity index (χ2v) is 6.84. The van der Waals surface area contributed by atoms with E-state index in [9.17, 15) is 4.79 Å². The maximum atomic E-state index is 12.7. The van der Waals surface area contributed by atoms with E-state index < -0.39 is 0 Å². The van der Waals surface area contributed by atoms with Gasteiger partial charge in [-0.3, -0.25) is 4.79 Å². The molecule has 6 heteroatoms. The van der Waals surface area contributed by atoms with Crippen molar-refractivity contribution in [1.29, 1.82) is 0 Å². The van der Waals surface area contributed by atoms with Crippen LogP contribution in [0.5, 0.6) is 0 Å². The number of aryl methyl sites for hydroxylation is 1. The van der Waals surface area contributed by atoms with Crippen molar-refractivity contribution in [2.75, 3.05) is 19.5 Å². The number of thioether (sulfide) groups is 1. The molecule has 2 aliphatic heterocycles. The normalized spacial score (nSPS) is 25.8. The predicted octanol–water partition coefficient (Wildman–Crippen LogP) is 1.22. The molecule has 20 heavy (non-hydrogen) atoms. The van der Waals surface area contributed by atoms with E-state index in [0.717, 1.165) is 30.7 Å². The van der Waals surface area contributed by atoms with Crippen molar-refractivity contribution in [3.05, 3.63) is 17.7 Å². The highest BCUT2D eigenvalue weighted by atomic mass is 32.2. The summed E-state index contributed by atoms with van der Waals surface area (Å²) in [7, 11) is 3.71. The summed E-state index contributed by atoms with van der Waals surface area (Å²) in [4.78, 5) is 19.1. The third-order valence-corrected chi connectivity index (χ3v) is 5.55. The highest BCUT2D eigenvalue weighted by Crippen LogP contribution is 2.31. The van der Waals surface area contributed by atoms with E-state index in [2.05, 4.69) is 9.55 Å². The molecule has 1 amide bonds. The van der Waals surface area contributed by atoms with E-state index in [1.807, 2.05) is 18.3 Å². The smallest absolute Gasteiger partial charge is 0.236 e. The fourth-order valence-corrected chi connectivity index (χ4v) is 4.31. The predicted molar refractivity (Wildman–Crippen MR) is 78.6 cm³/mol. The van der Waals surface area contributed by atoms with Crippen molar-refractivity contribution in [2.24, 2.45) is 7.05 Å². The minimum Gasteiger partial charge on any atom is -0.383 e. The molecular weight excluding hydrogens is 274 g/mol. The van der Waals surface area contributed by atoms with Crippen LogP contribution in [0.2, 0.25) is 0 Å². The quantitative estimate of drug-likeness (QED) is 0.841. The van der Waals surface area contributed by atoms with Gasteiger partial charge < -0.3 is 14.2 Å². The third kappa shape index (κ3) is 2.46. The first-order valence-electron chi connectivity index (χ1n) is 7.10. The Balaban J connectivity index is 1.82. The average molecular weight is 295 g/mol. The highest BCUT2D eigenvalue weighted by Gasteiger charge is 2.36. The lowest BCUT2D eigenvalue weighted by Gasteiger charge is -2.36. The van der Waals surface area contributed by atoms with Gasteiger partial charge in [0, 0.05) is 26.3 Å². The molecule has 0 aromatic carbocycles. The Hall–Kier alpha value is -1.01. The van der Waals surface area contributed by atoms with Gasteiger partial charge in [-0.2, -0.15) is 0 Å². The van der Waals surface area contributed by atoms with E-state index in [1.54, 1.807) is 18.9 Å². The zero-order valence-corrected chi connectivity index (χ0v) is 12.9. The van der Waals surface area contributed by atoms with Gasteiger partial charge in [0.05, 0.1) is 36.5 Å². The fourth-order valence-electron chi connectivity index (χ4n) is 3.08. The van der Waals surface area contributed by atoms with Crippen LogP contribution in [0.25, 0.3) is 0 Å². The lowest BCUT2D eigenvalue weighted by Crippen LogP contribution is -2.49. The number of nitrogens with zero attached hydrogens (tertiary/aromatic N) is 3. The molecule has 1 aromatic heterocycles. The molecular formula is C14H21N3O2S. The summed E-state index contributed by atoms with van der Waals surface area (Å²) in [6.45, 7) is 1.22. The number of aromatic nitrogens is 2. The SMILES string of the molecule is COCC1Cc2c(ncn2C)CN1C(=O)C1CCCS1. The molecule has 0 saturated carbocycles. The number of methoxy groups -OCH3 is 1. The van der Waals surface area contributed by atoms with Gasteiger partial charge in [0.2, 0.25) is 5.91 Å². The molecule has 110 valence electrons. The Morgan fingerprint density at radius 3 is 3.15 bits per heavy atom. The van der Waals surface area contributed by atoms with Gasteiger partial charge in [0.15, 0.2) is 0 Å². The fraction of sp³-hybridized carbons (Fsp3) is 0.714. The van der Waals surface area contributed by atoms with Crippen LogP contribution in [-0.4, -0.2) is 51.1 Å². The Bertz CT molecular complexity index is 497. The van der Waals surface area contributed by atoms with Crippen LogP contribution < -0.4 is 0 Å². The van der Waals surface area contributed by atoms with Crippen LogP contribution in [0.3, 0.4) is 0 Å². The molecule has 0 aliphatic carbocycles. The van der Waals surface area contributed by atoms with Gasteiger partial charge in [-0.25, -0.2) is 4.98 Å². The lowest BCUT2D eigenvalue weighted by molar-refractivity contribution is -0.135. The molecule has 2 atom stereocenters. The van der Waals surface area contributed by atoms with Crippen molar-refractivity contribution in [3.8, 4) is 0 Å². The van der Waals surface area contributed by atoms with Gasteiger partial charge in [0.1, 0.15) is 0 Å². The topological polar surface area (TPSA) is 47.4 Å². The van der Waals surface area contributed by atoms with E-state index in [4.69, 9.17) is 4.74 Å². The molecule has 1 aromatic rings. The van der Waals surface area contributed by atoms with Crippen LogP contribution in [-0.2, 0) is 29.5 Å². The lowest BCUT2D eigenvalue weighted by atomic mass is 10.0. The number of ether oxygens (including phenoxy) is 1. The first-order valence-corrected chi connectivity index (χ1v) is 8.15.